The van der Waals surface area contributed by atoms with Crippen LogP contribution in [0.25, 0.3) is 0 Å². The summed E-state index contributed by atoms with van der Waals surface area (Å²) in [7, 11) is 1.17. The van der Waals surface area contributed by atoms with E-state index in [-0.39, 0.29) is 32.0 Å². The van der Waals surface area contributed by atoms with Crippen LogP contribution in [0.3, 0.4) is 0 Å². The number of unbranched alkanes of at least 4 members (excludes halogenated alkanes) is 27. The molecule has 0 aromatic carbocycles. The molecule has 0 aliphatic carbocycles. The summed E-state index contributed by atoms with van der Waals surface area (Å²) >= 11 is 0. The van der Waals surface area contributed by atoms with Crippen LogP contribution >= 0.6 is 7.82 Å². The molecule has 348 valence electrons. The number of carbonyl (C=O) groups excluding carboxylic acids is 2. The van der Waals surface area contributed by atoms with Gasteiger partial charge < -0.3 is 27.9 Å². The average molecular weight is 856 g/mol. The monoisotopic (exact) mass is 856 g/mol. The first-order valence-electron chi connectivity index (χ1n) is 24.5. The van der Waals surface area contributed by atoms with Gasteiger partial charge in [-0.25, -0.2) is 0 Å². The van der Waals surface area contributed by atoms with Gasteiger partial charge in [0.2, 0.25) is 0 Å². The van der Waals surface area contributed by atoms with Gasteiger partial charge in [0.25, 0.3) is 7.82 Å². The lowest BCUT2D eigenvalue weighted by atomic mass is 10.0. The molecule has 0 amide bonds. The predicted molar refractivity (Wildman–Crippen MR) is 245 cm³/mol. The van der Waals surface area contributed by atoms with Crippen LogP contribution in [0.2, 0.25) is 0 Å². The van der Waals surface area contributed by atoms with E-state index in [1.165, 1.54) is 141 Å². The topological polar surface area (TPSA) is 111 Å². The van der Waals surface area contributed by atoms with E-state index in [0.29, 0.717) is 17.4 Å². The number of allylic oxidation sites excluding steroid dienone is 4. The summed E-state index contributed by atoms with van der Waals surface area (Å²) in [6.07, 6.45) is 46.2. The van der Waals surface area contributed by atoms with Crippen molar-refractivity contribution < 1.29 is 42.1 Å². The Bertz CT molecular complexity index is 1060. The number of rotatable bonds is 45. The number of esters is 2. The third-order valence-corrected chi connectivity index (χ3v) is 11.7. The predicted octanol–water partition coefficient (Wildman–Crippen LogP) is 13.7. The molecule has 0 saturated carbocycles. The number of carbonyl (C=O) groups is 2. The van der Waals surface area contributed by atoms with Crippen LogP contribution < -0.4 is 4.89 Å². The first kappa shape index (κ1) is 57.5. The summed E-state index contributed by atoms with van der Waals surface area (Å²) in [5.74, 6) is -0.828. The molecule has 0 fully saturated rings. The first-order chi connectivity index (χ1) is 28.5. The highest BCUT2D eigenvalue weighted by Crippen LogP contribution is 2.38. The maximum atomic E-state index is 12.7. The molecule has 0 radical (unpaired) electrons. The van der Waals surface area contributed by atoms with Crippen LogP contribution in [-0.4, -0.2) is 70.0 Å². The maximum absolute atomic E-state index is 12.7. The third kappa shape index (κ3) is 45.8. The molecule has 0 aliphatic rings. The Balaban J connectivity index is 4.27. The second kappa shape index (κ2) is 41.8. The highest BCUT2D eigenvalue weighted by Gasteiger charge is 2.21. The van der Waals surface area contributed by atoms with Crippen LogP contribution in [-0.2, 0) is 32.7 Å². The Morgan fingerprint density at radius 3 is 1.37 bits per heavy atom. The van der Waals surface area contributed by atoms with Crippen molar-refractivity contribution in [1.29, 1.82) is 0 Å². The summed E-state index contributed by atoms with van der Waals surface area (Å²) in [5, 5.41) is 0. The highest BCUT2D eigenvalue weighted by molar-refractivity contribution is 7.45. The molecule has 0 aromatic rings. The van der Waals surface area contributed by atoms with Crippen LogP contribution in [0.1, 0.15) is 226 Å². The van der Waals surface area contributed by atoms with E-state index in [9.17, 15) is 19.0 Å². The molecule has 59 heavy (non-hydrogen) atoms. The van der Waals surface area contributed by atoms with Crippen molar-refractivity contribution in [3.05, 3.63) is 24.3 Å². The van der Waals surface area contributed by atoms with Crippen LogP contribution in [0.4, 0.5) is 0 Å². The zero-order valence-corrected chi connectivity index (χ0v) is 40.1. The fraction of sp³-hybridized carbons (Fsp3) is 0.878. The van der Waals surface area contributed by atoms with Gasteiger partial charge in [-0.2, -0.15) is 0 Å². The van der Waals surface area contributed by atoms with E-state index in [0.717, 1.165) is 51.4 Å². The quantitative estimate of drug-likeness (QED) is 0.0196. The number of quaternary nitrogens is 1. The smallest absolute Gasteiger partial charge is 0.306 e. The molecule has 0 bridgehead atoms. The Morgan fingerprint density at radius 2 is 0.915 bits per heavy atom. The number of phosphoric ester groups is 1. The van der Waals surface area contributed by atoms with Gasteiger partial charge >= 0.3 is 11.9 Å². The van der Waals surface area contributed by atoms with Crippen molar-refractivity contribution in [1.82, 2.24) is 0 Å². The van der Waals surface area contributed by atoms with Gasteiger partial charge in [-0.1, -0.05) is 192 Å². The molecule has 0 rings (SSSR count). The van der Waals surface area contributed by atoms with E-state index in [4.69, 9.17) is 18.5 Å². The molecule has 10 heteroatoms. The number of hydrogen-bond acceptors (Lipinski definition) is 8. The number of hydrogen-bond donors (Lipinski definition) is 0. The second-order valence-corrected chi connectivity index (χ2v) is 19.2. The average Bonchev–Trinajstić information content (AvgIpc) is 3.19. The van der Waals surface area contributed by atoms with Crippen LogP contribution in [0.15, 0.2) is 24.3 Å². The zero-order valence-electron chi connectivity index (χ0n) is 39.2. The van der Waals surface area contributed by atoms with Gasteiger partial charge in [-0.05, 0) is 44.9 Å². The number of ether oxygens (including phenoxy) is 2. The Kier molecular flexibility index (Phi) is 40.8. The molecule has 0 spiro atoms. The van der Waals surface area contributed by atoms with Crippen molar-refractivity contribution in [2.45, 2.75) is 232 Å². The summed E-state index contributed by atoms with van der Waals surface area (Å²) in [5.41, 5.74) is 0. The normalized spacial score (nSPS) is 13.7. The molecular formula is C49H94NO8P. The molecular weight excluding hydrogens is 762 g/mol. The minimum absolute atomic E-state index is 0.0296. The molecule has 0 saturated heterocycles. The zero-order chi connectivity index (χ0) is 43.6. The highest BCUT2D eigenvalue weighted by atomic mass is 31.2. The number of likely N-dealkylation sites (N-methyl/N-ethyl adjacent to an activating group) is 1. The lowest BCUT2D eigenvalue weighted by Gasteiger charge is -2.28. The van der Waals surface area contributed by atoms with Crippen molar-refractivity contribution in [3.8, 4) is 0 Å². The Hall–Kier alpha value is -1.51. The SMILES string of the molecule is CCCCC/C=C\C/C=C\CCCCCCCCCCCC(=O)O[C@H](COC(=O)CCCCCCCCCCCCCCCCCC)COP(=O)([O-])OCC[N+](C)(C)C. The van der Waals surface area contributed by atoms with Gasteiger partial charge in [-0.3, -0.25) is 14.2 Å². The van der Waals surface area contributed by atoms with Gasteiger partial charge in [-0.15, -0.1) is 0 Å². The number of nitrogens with zero attached hydrogens (tertiary/aromatic N) is 1. The van der Waals surface area contributed by atoms with Crippen molar-refractivity contribution in [2.24, 2.45) is 0 Å². The fourth-order valence-corrected chi connectivity index (χ4v) is 7.59. The maximum Gasteiger partial charge on any atom is 0.306 e. The van der Waals surface area contributed by atoms with E-state index >= 15 is 0 Å². The number of phosphoric acid groups is 1. The van der Waals surface area contributed by atoms with Gasteiger partial charge in [0, 0.05) is 12.8 Å². The van der Waals surface area contributed by atoms with Gasteiger partial charge in [0.1, 0.15) is 19.8 Å². The van der Waals surface area contributed by atoms with E-state index < -0.39 is 26.5 Å². The fourth-order valence-electron chi connectivity index (χ4n) is 6.86. The van der Waals surface area contributed by atoms with E-state index in [1.54, 1.807) is 0 Å². The lowest BCUT2D eigenvalue weighted by Crippen LogP contribution is -2.37. The van der Waals surface area contributed by atoms with E-state index in [1.807, 2.05) is 21.1 Å². The van der Waals surface area contributed by atoms with Crippen molar-refractivity contribution in [2.75, 3.05) is 47.5 Å². The molecule has 0 N–H and O–H groups in total. The molecule has 9 nitrogen and oxygen atoms in total. The minimum atomic E-state index is -4.63. The summed E-state index contributed by atoms with van der Waals surface area (Å²) in [4.78, 5) is 37.7. The molecule has 0 aliphatic heterocycles. The Morgan fingerprint density at radius 1 is 0.525 bits per heavy atom. The van der Waals surface area contributed by atoms with E-state index in [2.05, 4.69) is 38.2 Å². The summed E-state index contributed by atoms with van der Waals surface area (Å²) in [6, 6.07) is 0. The largest absolute Gasteiger partial charge is 0.756 e. The third-order valence-electron chi connectivity index (χ3n) is 10.7. The first-order valence-corrected chi connectivity index (χ1v) is 26.0. The molecule has 1 unspecified atom stereocenters. The standard InChI is InChI=1S/C49H94NO8P/c1-6-8-10-12-14-16-18-20-22-24-25-26-28-30-32-34-36-38-40-42-49(52)58-47(46-57-59(53,54)56-44-43-50(3,4)5)45-55-48(51)41-39-37-35-33-31-29-27-23-21-19-17-15-13-11-9-7-2/h14,16,20,22,47H,6-13,15,17-19,21,23-46H2,1-5H3/b16-14-,22-20-/t47-/m1/s1. The molecule has 0 heterocycles. The Labute approximate surface area is 364 Å². The van der Waals surface area contributed by atoms with Gasteiger partial charge in [0.05, 0.1) is 27.7 Å². The van der Waals surface area contributed by atoms with Crippen LogP contribution in [0, 0.1) is 0 Å². The molecule has 0 aromatic heterocycles. The molecule has 2 atom stereocenters. The lowest BCUT2D eigenvalue weighted by molar-refractivity contribution is -0.870. The van der Waals surface area contributed by atoms with Crippen molar-refractivity contribution in [3.63, 3.8) is 0 Å². The summed E-state index contributed by atoms with van der Waals surface area (Å²) in [6.45, 7) is 4.23. The van der Waals surface area contributed by atoms with Crippen LogP contribution in [0.5, 0.6) is 0 Å². The minimum Gasteiger partial charge on any atom is -0.756 e. The van der Waals surface area contributed by atoms with Crippen molar-refractivity contribution >= 4 is 19.8 Å². The second-order valence-electron chi connectivity index (χ2n) is 17.8. The van der Waals surface area contributed by atoms with Gasteiger partial charge in [0.15, 0.2) is 6.10 Å². The summed E-state index contributed by atoms with van der Waals surface area (Å²) < 4.78 is 34.0.